The number of hydrogen-bond donors (Lipinski definition) is 0. The van der Waals surface area contributed by atoms with Crippen LogP contribution in [0.4, 0.5) is 4.79 Å². The Morgan fingerprint density at radius 1 is 1.47 bits per heavy atom. The molecule has 2 amide bonds. The fourth-order valence-electron chi connectivity index (χ4n) is 1.99. The molecule has 1 aliphatic rings. The van der Waals surface area contributed by atoms with Crippen molar-refractivity contribution >= 4 is 11.8 Å². The van der Waals surface area contributed by atoms with E-state index >= 15 is 0 Å². The van der Waals surface area contributed by atoms with Crippen LogP contribution in [0.2, 0.25) is 0 Å². The van der Waals surface area contributed by atoms with Crippen LogP contribution in [0, 0.1) is 0 Å². The summed E-state index contributed by atoms with van der Waals surface area (Å²) in [6, 6.07) is 0.185. The average molecular weight is 212 g/mol. The largest absolute Gasteiger partial charge is 0.328 e. The summed E-state index contributed by atoms with van der Waals surface area (Å²) in [7, 11) is 1.80. The first kappa shape index (κ1) is 12.0. The summed E-state index contributed by atoms with van der Waals surface area (Å²) in [5, 5.41) is 0. The highest BCUT2D eigenvalue weighted by Gasteiger charge is 2.30. The van der Waals surface area contributed by atoms with Crippen molar-refractivity contribution in [1.29, 1.82) is 0 Å². The molecule has 86 valence electrons. The molecule has 0 saturated carbocycles. The minimum absolute atomic E-state index is 0.0567. The molecule has 0 aromatic heterocycles. The first-order valence-corrected chi connectivity index (χ1v) is 5.57. The van der Waals surface area contributed by atoms with Gasteiger partial charge in [-0.3, -0.25) is 4.79 Å². The lowest BCUT2D eigenvalue weighted by molar-refractivity contribution is -0.117. The van der Waals surface area contributed by atoms with E-state index in [9.17, 15) is 9.59 Å². The number of likely N-dealkylation sites (tertiary alicyclic amines) is 1. The van der Waals surface area contributed by atoms with Gasteiger partial charge >= 0.3 is 6.03 Å². The second-order valence-corrected chi connectivity index (χ2v) is 4.19. The zero-order chi connectivity index (χ0) is 11.4. The van der Waals surface area contributed by atoms with Crippen molar-refractivity contribution in [2.75, 3.05) is 20.1 Å². The standard InChI is InChI=1S/C11H20N2O2/c1-4-12(3)11(15)13-7-5-6-10(13)8-9(2)14/h10H,4-8H2,1-3H3. The number of hydrogen-bond acceptors (Lipinski definition) is 2. The van der Waals surface area contributed by atoms with E-state index in [1.165, 1.54) is 0 Å². The lowest BCUT2D eigenvalue weighted by Gasteiger charge is -2.28. The van der Waals surface area contributed by atoms with E-state index in [1.807, 2.05) is 11.8 Å². The molecule has 1 heterocycles. The van der Waals surface area contributed by atoms with Crippen LogP contribution in [0.3, 0.4) is 0 Å². The normalized spacial score (nSPS) is 20.5. The topological polar surface area (TPSA) is 40.6 Å². The van der Waals surface area contributed by atoms with E-state index < -0.39 is 0 Å². The Morgan fingerprint density at radius 2 is 2.13 bits per heavy atom. The van der Waals surface area contributed by atoms with Gasteiger partial charge in [-0.05, 0) is 26.7 Å². The molecule has 0 aromatic carbocycles. The monoisotopic (exact) mass is 212 g/mol. The zero-order valence-electron chi connectivity index (χ0n) is 9.82. The van der Waals surface area contributed by atoms with Gasteiger partial charge in [-0.15, -0.1) is 0 Å². The Hall–Kier alpha value is -1.06. The number of rotatable bonds is 3. The maximum Gasteiger partial charge on any atom is 0.319 e. The van der Waals surface area contributed by atoms with E-state index in [-0.39, 0.29) is 17.9 Å². The third kappa shape index (κ3) is 2.94. The van der Waals surface area contributed by atoms with E-state index in [4.69, 9.17) is 0 Å². The number of nitrogens with zero attached hydrogens (tertiary/aromatic N) is 2. The molecule has 1 aliphatic heterocycles. The first-order valence-electron chi connectivity index (χ1n) is 5.57. The second-order valence-electron chi connectivity index (χ2n) is 4.19. The molecule has 0 N–H and O–H groups in total. The first-order chi connectivity index (χ1) is 7.06. The van der Waals surface area contributed by atoms with E-state index in [0.717, 1.165) is 19.4 Å². The van der Waals surface area contributed by atoms with Gasteiger partial charge in [-0.1, -0.05) is 0 Å². The molecular weight excluding hydrogens is 192 g/mol. The molecule has 15 heavy (non-hydrogen) atoms. The summed E-state index contributed by atoms with van der Waals surface area (Å²) in [4.78, 5) is 26.5. The van der Waals surface area contributed by atoms with Gasteiger partial charge in [0.2, 0.25) is 0 Å². The van der Waals surface area contributed by atoms with Crippen molar-refractivity contribution in [1.82, 2.24) is 9.80 Å². The van der Waals surface area contributed by atoms with Gasteiger partial charge < -0.3 is 9.80 Å². The number of Topliss-reactive ketones (excluding diaryl/α,β-unsaturated/α-hetero) is 1. The molecule has 1 rings (SSSR count). The molecular formula is C11H20N2O2. The molecule has 0 spiro atoms. The summed E-state index contributed by atoms with van der Waals surface area (Å²) in [6.45, 7) is 5.04. The quantitative estimate of drug-likeness (QED) is 0.711. The Kier molecular flexibility index (Phi) is 4.12. The molecule has 1 saturated heterocycles. The van der Waals surface area contributed by atoms with E-state index in [2.05, 4.69) is 0 Å². The summed E-state index contributed by atoms with van der Waals surface area (Å²) in [5.41, 5.74) is 0. The SMILES string of the molecule is CCN(C)C(=O)N1CCCC1CC(C)=O. The summed E-state index contributed by atoms with van der Waals surface area (Å²) >= 11 is 0. The Morgan fingerprint density at radius 3 is 2.67 bits per heavy atom. The number of carbonyl (C=O) groups excluding carboxylic acids is 2. The lowest BCUT2D eigenvalue weighted by atomic mass is 10.1. The van der Waals surface area contributed by atoms with Gasteiger partial charge in [-0.25, -0.2) is 4.79 Å². The van der Waals surface area contributed by atoms with Crippen LogP contribution in [0.15, 0.2) is 0 Å². The van der Waals surface area contributed by atoms with Gasteiger partial charge in [0.25, 0.3) is 0 Å². The fourth-order valence-corrected chi connectivity index (χ4v) is 1.99. The molecule has 1 unspecified atom stereocenters. The molecule has 1 fully saturated rings. The predicted octanol–water partition coefficient (Wildman–Crippen LogP) is 1.50. The molecule has 0 radical (unpaired) electrons. The maximum atomic E-state index is 11.9. The smallest absolute Gasteiger partial charge is 0.319 e. The van der Waals surface area contributed by atoms with E-state index in [0.29, 0.717) is 13.0 Å². The van der Waals surface area contributed by atoms with E-state index in [1.54, 1.807) is 18.9 Å². The van der Waals surface area contributed by atoms with Gasteiger partial charge in [-0.2, -0.15) is 0 Å². The Labute approximate surface area is 91.2 Å². The molecule has 0 aliphatic carbocycles. The third-order valence-corrected chi connectivity index (χ3v) is 2.95. The van der Waals surface area contributed by atoms with Crippen LogP contribution in [0.1, 0.15) is 33.1 Å². The minimum Gasteiger partial charge on any atom is -0.328 e. The van der Waals surface area contributed by atoms with Crippen LogP contribution in [0.5, 0.6) is 0 Å². The minimum atomic E-state index is 0.0567. The van der Waals surface area contributed by atoms with Gasteiger partial charge in [0.15, 0.2) is 0 Å². The molecule has 4 heteroatoms. The molecule has 0 bridgehead atoms. The van der Waals surface area contributed by atoms with Crippen molar-refractivity contribution in [3.8, 4) is 0 Å². The molecule has 4 nitrogen and oxygen atoms in total. The lowest BCUT2D eigenvalue weighted by Crippen LogP contribution is -2.44. The van der Waals surface area contributed by atoms with Crippen LogP contribution in [0.25, 0.3) is 0 Å². The summed E-state index contributed by atoms with van der Waals surface area (Å²) < 4.78 is 0. The van der Waals surface area contributed by atoms with Crippen molar-refractivity contribution in [2.24, 2.45) is 0 Å². The summed E-state index contributed by atoms with van der Waals surface area (Å²) in [5.74, 6) is 0.166. The van der Waals surface area contributed by atoms with Crippen LogP contribution in [-0.2, 0) is 4.79 Å². The fraction of sp³-hybridized carbons (Fsp3) is 0.818. The highest BCUT2D eigenvalue weighted by Crippen LogP contribution is 2.21. The predicted molar refractivity (Wildman–Crippen MR) is 58.7 cm³/mol. The number of urea groups is 1. The highest BCUT2D eigenvalue weighted by atomic mass is 16.2. The highest BCUT2D eigenvalue weighted by molar-refractivity contribution is 5.79. The van der Waals surface area contributed by atoms with Gasteiger partial charge in [0.05, 0.1) is 0 Å². The van der Waals surface area contributed by atoms with Crippen molar-refractivity contribution in [3.63, 3.8) is 0 Å². The van der Waals surface area contributed by atoms with Crippen LogP contribution < -0.4 is 0 Å². The summed E-state index contributed by atoms with van der Waals surface area (Å²) in [6.07, 6.45) is 2.48. The Bertz CT molecular complexity index is 253. The van der Waals surface area contributed by atoms with Crippen molar-refractivity contribution in [2.45, 2.75) is 39.2 Å². The Balaban J connectivity index is 2.59. The number of amides is 2. The number of ketones is 1. The molecule has 0 aromatic rings. The maximum absolute atomic E-state index is 11.9. The van der Waals surface area contributed by atoms with Crippen LogP contribution >= 0.6 is 0 Å². The van der Waals surface area contributed by atoms with Crippen molar-refractivity contribution < 1.29 is 9.59 Å². The molecule has 1 atom stereocenters. The van der Waals surface area contributed by atoms with Gasteiger partial charge in [0, 0.05) is 32.6 Å². The van der Waals surface area contributed by atoms with Crippen LogP contribution in [-0.4, -0.2) is 47.8 Å². The van der Waals surface area contributed by atoms with Gasteiger partial charge in [0.1, 0.15) is 5.78 Å². The number of carbonyl (C=O) groups is 2. The van der Waals surface area contributed by atoms with Crippen molar-refractivity contribution in [3.05, 3.63) is 0 Å². The average Bonchev–Trinajstić information content (AvgIpc) is 2.62. The third-order valence-electron chi connectivity index (χ3n) is 2.95. The zero-order valence-corrected chi connectivity index (χ0v) is 9.82. The second kappa shape index (κ2) is 5.14.